The molecule has 1 N–H and O–H groups in total. The maximum Gasteiger partial charge on any atom is 0.226 e. The molecule has 4 nitrogen and oxygen atoms in total. The summed E-state index contributed by atoms with van der Waals surface area (Å²) in [7, 11) is 0. The number of oxazole rings is 1. The summed E-state index contributed by atoms with van der Waals surface area (Å²) >= 11 is 6.03. The van der Waals surface area contributed by atoms with Crippen molar-refractivity contribution >= 4 is 24.0 Å². The van der Waals surface area contributed by atoms with Crippen molar-refractivity contribution in [2.75, 3.05) is 13.1 Å². The van der Waals surface area contributed by atoms with Crippen molar-refractivity contribution < 1.29 is 4.42 Å². The zero-order chi connectivity index (χ0) is 14.9. The fourth-order valence-corrected chi connectivity index (χ4v) is 3.71. The predicted molar refractivity (Wildman–Crippen MR) is 94.0 cm³/mol. The van der Waals surface area contributed by atoms with Crippen LogP contribution in [-0.4, -0.2) is 35.1 Å². The molecule has 6 heteroatoms. The van der Waals surface area contributed by atoms with Crippen LogP contribution < -0.4 is 5.32 Å². The summed E-state index contributed by atoms with van der Waals surface area (Å²) in [5, 5.41) is 4.41. The third-order valence-electron chi connectivity index (χ3n) is 4.62. The zero-order valence-corrected chi connectivity index (χ0v) is 14.4. The molecule has 1 aromatic heterocycles. The van der Waals surface area contributed by atoms with Crippen molar-refractivity contribution in [1.82, 2.24) is 15.2 Å². The molecule has 2 bridgehead atoms. The van der Waals surface area contributed by atoms with Gasteiger partial charge in [-0.3, -0.25) is 4.90 Å². The molecule has 124 valence electrons. The van der Waals surface area contributed by atoms with E-state index in [1.165, 1.54) is 19.3 Å². The monoisotopic (exact) mass is 353 g/mol. The van der Waals surface area contributed by atoms with Gasteiger partial charge in [0.05, 0.1) is 5.69 Å². The van der Waals surface area contributed by atoms with Crippen LogP contribution in [0.2, 0.25) is 5.02 Å². The first kappa shape index (κ1) is 16.8. The Bertz CT molecular complexity index is 661. The number of likely N-dealkylation sites (tertiary alicyclic amines) is 1. The summed E-state index contributed by atoms with van der Waals surface area (Å²) in [5.74, 6) is 0.645. The Balaban J connectivity index is 0.00000156. The molecule has 3 heterocycles. The number of fused-ring (bicyclic) bond motifs is 2. The Morgan fingerprint density at radius 2 is 2.13 bits per heavy atom. The molecule has 1 aromatic carbocycles. The summed E-state index contributed by atoms with van der Waals surface area (Å²) in [5.41, 5.74) is 1.92. The van der Waals surface area contributed by atoms with Crippen molar-refractivity contribution in [3.05, 3.63) is 41.2 Å². The number of rotatable bonds is 3. The first-order valence-electron chi connectivity index (χ1n) is 7.95. The maximum absolute atomic E-state index is 6.03. The predicted octanol–water partition coefficient (Wildman–Crippen LogP) is 3.74. The van der Waals surface area contributed by atoms with Crippen LogP contribution in [0.15, 0.2) is 34.9 Å². The molecular weight excluding hydrogens is 333 g/mol. The minimum Gasteiger partial charge on any atom is -0.444 e. The minimum absolute atomic E-state index is 0. The second kappa shape index (κ2) is 7.22. The first-order chi connectivity index (χ1) is 10.8. The van der Waals surface area contributed by atoms with E-state index in [0.29, 0.717) is 23.0 Å². The zero-order valence-electron chi connectivity index (χ0n) is 12.9. The largest absolute Gasteiger partial charge is 0.444 e. The molecule has 0 amide bonds. The summed E-state index contributed by atoms with van der Waals surface area (Å²) in [6.45, 7) is 3.10. The molecule has 0 aliphatic carbocycles. The van der Waals surface area contributed by atoms with E-state index in [0.717, 1.165) is 30.9 Å². The summed E-state index contributed by atoms with van der Waals surface area (Å²) in [4.78, 5) is 7.10. The van der Waals surface area contributed by atoms with Crippen LogP contribution in [0.1, 0.15) is 25.0 Å². The van der Waals surface area contributed by atoms with Crippen LogP contribution in [-0.2, 0) is 6.54 Å². The van der Waals surface area contributed by atoms with E-state index < -0.39 is 0 Å². The number of nitrogens with one attached hydrogen (secondary N) is 1. The van der Waals surface area contributed by atoms with E-state index in [-0.39, 0.29) is 12.4 Å². The highest BCUT2D eigenvalue weighted by molar-refractivity contribution is 6.30. The van der Waals surface area contributed by atoms with E-state index >= 15 is 0 Å². The number of hydrogen-bond acceptors (Lipinski definition) is 4. The van der Waals surface area contributed by atoms with Gasteiger partial charge in [-0.25, -0.2) is 4.98 Å². The third kappa shape index (κ3) is 3.89. The number of nitrogens with zero attached hydrogens (tertiary/aromatic N) is 2. The summed E-state index contributed by atoms with van der Waals surface area (Å²) < 4.78 is 5.63. The molecule has 23 heavy (non-hydrogen) atoms. The lowest BCUT2D eigenvalue weighted by molar-refractivity contribution is 0.248. The van der Waals surface area contributed by atoms with E-state index in [4.69, 9.17) is 16.0 Å². The van der Waals surface area contributed by atoms with Gasteiger partial charge in [-0.2, -0.15) is 0 Å². The molecule has 2 aliphatic rings. The average Bonchev–Trinajstić information content (AvgIpc) is 3.08. The van der Waals surface area contributed by atoms with Crippen molar-refractivity contribution in [3.63, 3.8) is 0 Å². The highest BCUT2D eigenvalue weighted by Gasteiger charge is 2.29. The van der Waals surface area contributed by atoms with Crippen LogP contribution in [0, 0.1) is 0 Å². The van der Waals surface area contributed by atoms with Crippen LogP contribution in [0.25, 0.3) is 11.5 Å². The van der Waals surface area contributed by atoms with E-state index in [2.05, 4.69) is 15.2 Å². The fourth-order valence-electron chi connectivity index (χ4n) is 3.52. The molecule has 2 aliphatic heterocycles. The Morgan fingerprint density at radius 3 is 3.00 bits per heavy atom. The molecule has 0 radical (unpaired) electrons. The number of hydrogen-bond donors (Lipinski definition) is 1. The van der Waals surface area contributed by atoms with E-state index in [1.807, 2.05) is 24.3 Å². The van der Waals surface area contributed by atoms with Gasteiger partial charge in [0, 0.05) is 42.3 Å². The van der Waals surface area contributed by atoms with Crippen molar-refractivity contribution in [1.29, 1.82) is 0 Å². The van der Waals surface area contributed by atoms with Gasteiger partial charge >= 0.3 is 0 Å². The van der Waals surface area contributed by atoms with Crippen molar-refractivity contribution in [2.45, 2.75) is 37.9 Å². The summed E-state index contributed by atoms with van der Waals surface area (Å²) in [6, 6.07) is 8.98. The van der Waals surface area contributed by atoms with Crippen LogP contribution in [0.4, 0.5) is 0 Å². The van der Waals surface area contributed by atoms with E-state index in [9.17, 15) is 0 Å². The molecule has 0 saturated carbocycles. The Morgan fingerprint density at radius 1 is 1.26 bits per heavy atom. The molecule has 2 fully saturated rings. The van der Waals surface area contributed by atoms with E-state index in [1.54, 1.807) is 6.26 Å². The highest BCUT2D eigenvalue weighted by atomic mass is 35.5. The lowest BCUT2D eigenvalue weighted by Crippen LogP contribution is -2.35. The SMILES string of the molecule is Cl.Clc1cccc(-c2nc(CN3CCC4CCC(C3)N4)co2)c1. The van der Waals surface area contributed by atoms with Crippen molar-refractivity contribution in [3.8, 4) is 11.5 Å². The number of halogens is 2. The lowest BCUT2D eigenvalue weighted by atomic mass is 10.1. The lowest BCUT2D eigenvalue weighted by Gasteiger charge is -2.22. The summed E-state index contributed by atoms with van der Waals surface area (Å²) in [6.07, 6.45) is 5.64. The van der Waals surface area contributed by atoms with Crippen LogP contribution in [0.3, 0.4) is 0 Å². The maximum atomic E-state index is 6.03. The van der Waals surface area contributed by atoms with Gasteiger partial charge in [-0.15, -0.1) is 12.4 Å². The van der Waals surface area contributed by atoms with Crippen molar-refractivity contribution in [2.24, 2.45) is 0 Å². The smallest absolute Gasteiger partial charge is 0.226 e. The minimum atomic E-state index is 0. The highest BCUT2D eigenvalue weighted by Crippen LogP contribution is 2.24. The Hall–Kier alpha value is -1.07. The van der Waals surface area contributed by atoms with Gasteiger partial charge in [0.25, 0.3) is 0 Å². The fraction of sp³-hybridized carbons (Fsp3) is 0.471. The van der Waals surface area contributed by atoms with Gasteiger partial charge in [-0.05, 0) is 37.5 Å². The van der Waals surface area contributed by atoms with Gasteiger partial charge < -0.3 is 9.73 Å². The molecule has 2 atom stereocenters. The molecule has 2 saturated heterocycles. The third-order valence-corrected chi connectivity index (χ3v) is 4.85. The van der Waals surface area contributed by atoms with Gasteiger partial charge in [0.15, 0.2) is 0 Å². The standard InChI is InChI=1S/C17H20ClN3O.ClH/c18-13-3-1-2-12(8-13)17-20-16(11-22-17)10-21-7-6-14-4-5-15(9-21)19-14;/h1-3,8,11,14-15,19H,4-7,9-10H2;1H. The second-order valence-corrected chi connectivity index (χ2v) is 6.75. The first-order valence-corrected chi connectivity index (χ1v) is 8.33. The van der Waals surface area contributed by atoms with Crippen LogP contribution in [0.5, 0.6) is 0 Å². The van der Waals surface area contributed by atoms with Crippen LogP contribution >= 0.6 is 24.0 Å². The number of benzene rings is 1. The molecule has 0 spiro atoms. The normalized spacial score (nSPS) is 24.2. The quantitative estimate of drug-likeness (QED) is 0.912. The molecule has 4 rings (SSSR count). The number of aromatic nitrogens is 1. The Kier molecular flexibility index (Phi) is 5.27. The molecule has 2 unspecified atom stereocenters. The van der Waals surface area contributed by atoms with Gasteiger partial charge in [0.1, 0.15) is 6.26 Å². The second-order valence-electron chi connectivity index (χ2n) is 6.32. The average molecular weight is 354 g/mol. The topological polar surface area (TPSA) is 41.3 Å². The van der Waals surface area contributed by atoms with Gasteiger partial charge in [-0.1, -0.05) is 17.7 Å². The van der Waals surface area contributed by atoms with Gasteiger partial charge in [0.2, 0.25) is 5.89 Å². The molecular formula is C17H21Cl2N3O. The Labute approximate surface area is 147 Å². The molecule has 2 aromatic rings.